The molecular formula is C12H13Cl3O2. The maximum atomic E-state index is 11.8. The lowest BCUT2D eigenvalue weighted by Crippen LogP contribution is -2.20. The number of hydrogen-bond donors (Lipinski definition) is 1. The number of carbonyl (C=O) groups excluding carboxylic acids is 1. The number of benzene rings is 1. The normalized spacial score (nSPS) is 12.6. The molecule has 0 aliphatic carbocycles. The van der Waals surface area contributed by atoms with Gasteiger partial charge in [-0.3, -0.25) is 4.79 Å². The van der Waals surface area contributed by atoms with E-state index in [9.17, 15) is 9.90 Å². The molecule has 0 aliphatic heterocycles. The smallest absolute Gasteiger partial charge is 0.253 e. The zero-order chi connectivity index (χ0) is 13.4. The third kappa shape index (κ3) is 3.27. The Morgan fingerprint density at radius 2 is 1.71 bits per heavy atom. The average molecular weight is 296 g/mol. The van der Waals surface area contributed by atoms with Crippen LogP contribution in [0.15, 0.2) is 18.2 Å². The van der Waals surface area contributed by atoms with E-state index in [2.05, 4.69) is 0 Å². The van der Waals surface area contributed by atoms with Crippen molar-refractivity contribution in [2.75, 3.05) is 0 Å². The first-order valence-corrected chi connectivity index (χ1v) is 6.12. The van der Waals surface area contributed by atoms with Crippen LogP contribution >= 0.6 is 34.8 Å². The molecule has 94 valence electrons. The fourth-order valence-corrected chi connectivity index (χ4v) is 1.79. The third-order valence-electron chi connectivity index (χ3n) is 2.35. The van der Waals surface area contributed by atoms with Gasteiger partial charge < -0.3 is 5.11 Å². The number of alkyl halides is 3. The van der Waals surface area contributed by atoms with Crippen LogP contribution in [-0.4, -0.2) is 14.7 Å². The molecule has 0 bridgehead atoms. The summed E-state index contributed by atoms with van der Waals surface area (Å²) < 4.78 is -2.06. The predicted molar refractivity (Wildman–Crippen MR) is 71.4 cm³/mol. The number of phenols is 1. The summed E-state index contributed by atoms with van der Waals surface area (Å²) in [6.45, 7) is 5.77. The molecule has 0 amide bonds. The molecule has 0 saturated carbocycles. The van der Waals surface area contributed by atoms with Gasteiger partial charge in [-0.2, -0.15) is 0 Å². The van der Waals surface area contributed by atoms with E-state index in [1.54, 1.807) is 12.1 Å². The SMILES string of the molecule is CC(C)(C)c1cccc(C(=O)C(Cl)(Cl)Cl)c1O. The van der Waals surface area contributed by atoms with E-state index in [-0.39, 0.29) is 16.7 Å². The summed E-state index contributed by atoms with van der Waals surface area (Å²) in [7, 11) is 0. The fraction of sp³-hybridized carbons (Fsp3) is 0.417. The standard InChI is InChI=1S/C12H13Cl3O2/c1-11(2,3)8-6-4-5-7(9(8)16)10(17)12(13,14)15/h4-6,16H,1-3H3. The van der Waals surface area contributed by atoms with Crippen LogP contribution < -0.4 is 0 Å². The van der Waals surface area contributed by atoms with Crippen molar-refractivity contribution in [2.24, 2.45) is 0 Å². The van der Waals surface area contributed by atoms with Crippen LogP contribution in [0.2, 0.25) is 0 Å². The van der Waals surface area contributed by atoms with Crippen LogP contribution in [-0.2, 0) is 5.41 Å². The zero-order valence-electron chi connectivity index (χ0n) is 9.72. The first-order valence-electron chi connectivity index (χ1n) is 4.99. The molecule has 0 heterocycles. The van der Waals surface area contributed by atoms with Gasteiger partial charge in [0.1, 0.15) is 5.75 Å². The van der Waals surface area contributed by atoms with E-state index >= 15 is 0 Å². The number of hydrogen-bond acceptors (Lipinski definition) is 2. The quantitative estimate of drug-likeness (QED) is 0.621. The molecule has 0 atom stereocenters. The number of rotatable bonds is 1. The van der Waals surface area contributed by atoms with Crippen LogP contribution in [0, 0.1) is 0 Å². The van der Waals surface area contributed by atoms with Gasteiger partial charge >= 0.3 is 0 Å². The van der Waals surface area contributed by atoms with Crippen LogP contribution in [0.1, 0.15) is 36.7 Å². The van der Waals surface area contributed by atoms with Crippen LogP contribution in [0.5, 0.6) is 5.75 Å². The molecule has 0 radical (unpaired) electrons. The molecule has 1 aromatic rings. The van der Waals surface area contributed by atoms with Crippen molar-refractivity contribution in [3.8, 4) is 5.75 Å². The minimum atomic E-state index is -2.06. The highest BCUT2D eigenvalue weighted by Crippen LogP contribution is 2.38. The molecule has 0 unspecified atom stereocenters. The first kappa shape index (κ1) is 14.6. The maximum absolute atomic E-state index is 11.8. The van der Waals surface area contributed by atoms with Gasteiger partial charge in [0.25, 0.3) is 3.79 Å². The van der Waals surface area contributed by atoms with Crippen molar-refractivity contribution in [2.45, 2.75) is 30.0 Å². The summed E-state index contributed by atoms with van der Waals surface area (Å²) in [6, 6.07) is 4.84. The van der Waals surface area contributed by atoms with Gasteiger partial charge in [-0.05, 0) is 17.0 Å². The van der Waals surface area contributed by atoms with Gasteiger partial charge in [0.15, 0.2) is 0 Å². The second-order valence-corrected chi connectivity index (χ2v) is 7.06. The van der Waals surface area contributed by atoms with Crippen molar-refractivity contribution in [1.29, 1.82) is 0 Å². The number of carbonyl (C=O) groups is 1. The second kappa shape index (κ2) is 4.68. The molecule has 2 nitrogen and oxygen atoms in total. The molecular weight excluding hydrogens is 282 g/mol. The highest BCUT2D eigenvalue weighted by molar-refractivity contribution is 6.77. The van der Waals surface area contributed by atoms with Gasteiger partial charge in [-0.25, -0.2) is 0 Å². The lowest BCUT2D eigenvalue weighted by Gasteiger charge is -2.22. The maximum Gasteiger partial charge on any atom is 0.253 e. The first-order chi connectivity index (χ1) is 7.55. The van der Waals surface area contributed by atoms with Crippen molar-refractivity contribution < 1.29 is 9.90 Å². The molecule has 0 aromatic heterocycles. The van der Waals surface area contributed by atoms with Gasteiger partial charge in [-0.1, -0.05) is 67.7 Å². The van der Waals surface area contributed by atoms with E-state index in [0.29, 0.717) is 5.56 Å². The van der Waals surface area contributed by atoms with Crippen molar-refractivity contribution in [3.05, 3.63) is 29.3 Å². The Morgan fingerprint density at radius 3 is 2.12 bits per heavy atom. The molecule has 1 rings (SSSR count). The molecule has 0 spiro atoms. The summed E-state index contributed by atoms with van der Waals surface area (Å²) in [4.78, 5) is 11.8. The monoisotopic (exact) mass is 294 g/mol. The minimum Gasteiger partial charge on any atom is -0.507 e. The van der Waals surface area contributed by atoms with E-state index < -0.39 is 9.58 Å². The molecule has 1 N–H and O–H groups in total. The summed E-state index contributed by atoms with van der Waals surface area (Å²) in [5.74, 6) is -0.859. The topological polar surface area (TPSA) is 37.3 Å². The molecule has 0 aliphatic rings. The van der Waals surface area contributed by atoms with Gasteiger partial charge in [0, 0.05) is 0 Å². The summed E-state index contributed by atoms with van der Waals surface area (Å²) >= 11 is 16.6. The Bertz CT molecular complexity index is 442. The Kier molecular flexibility index (Phi) is 4.02. The van der Waals surface area contributed by atoms with E-state index in [1.165, 1.54) is 6.07 Å². The second-order valence-electron chi connectivity index (χ2n) is 4.78. The lowest BCUT2D eigenvalue weighted by atomic mass is 9.85. The summed E-state index contributed by atoms with van der Waals surface area (Å²) in [6.07, 6.45) is 0. The van der Waals surface area contributed by atoms with Gasteiger partial charge in [0.05, 0.1) is 5.56 Å². The molecule has 0 fully saturated rings. The van der Waals surface area contributed by atoms with E-state index in [1.807, 2.05) is 20.8 Å². The number of ketones is 1. The zero-order valence-corrected chi connectivity index (χ0v) is 12.0. The molecule has 5 heteroatoms. The van der Waals surface area contributed by atoms with Gasteiger partial charge in [0.2, 0.25) is 5.78 Å². The molecule has 1 aromatic carbocycles. The van der Waals surface area contributed by atoms with Crippen LogP contribution in [0.25, 0.3) is 0 Å². The summed E-state index contributed by atoms with van der Waals surface area (Å²) in [5, 5.41) is 10.1. The minimum absolute atomic E-state index is 0.0254. The number of halogens is 3. The predicted octanol–water partition coefficient (Wildman–Crippen LogP) is 4.24. The molecule has 17 heavy (non-hydrogen) atoms. The summed E-state index contributed by atoms with van der Waals surface area (Å²) in [5.41, 5.74) is 0.364. The van der Waals surface area contributed by atoms with Crippen LogP contribution in [0.4, 0.5) is 0 Å². The van der Waals surface area contributed by atoms with Crippen molar-refractivity contribution >= 4 is 40.6 Å². The average Bonchev–Trinajstić information content (AvgIpc) is 2.13. The highest BCUT2D eigenvalue weighted by atomic mass is 35.6. The Balaban J connectivity index is 3.35. The van der Waals surface area contributed by atoms with E-state index in [4.69, 9.17) is 34.8 Å². The molecule has 0 saturated heterocycles. The van der Waals surface area contributed by atoms with Crippen LogP contribution in [0.3, 0.4) is 0 Å². The Labute approximate surface area is 115 Å². The third-order valence-corrected chi connectivity index (χ3v) is 2.86. The highest BCUT2D eigenvalue weighted by Gasteiger charge is 2.34. The van der Waals surface area contributed by atoms with E-state index in [0.717, 1.165) is 0 Å². The lowest BCUT2D eigenvalue weighted by molar-refractivity contribution is 0.0993. The number of para-hydroxylation sites is 1. The van der Waals surface area contributed by atoms with Gasteiger partial charge in [-0.15, -0.1) is 0 Å². The number of Topliss-reactive ketones (excluding diaryl/α,β-unsaturated/α-hetero) is 1. The van der Waals surface area contributed by atoms with Crippen molar-refractivity contribution in [3.63, 3.8) is 0 Å². The number of phenolic OH excluding ortho intramolecular Hbond substituents is 1. The Morgan fingerprint density at radius 1 is 1.18 bits per heavy atom. The Hall–Kier alpha value is -0.440. The number of aromatic hydroxyl groups is 1. The fourth-order valence-electron chi connectivity index (χ4n) is 1.48. The van der Waals surface area contributed by atoms with Crippen molar-refractivity contribution in [1.82, 2.24) is 0 Å². The largest absolute Gasteiger partial charge is 0.507 e.